The van der Waals surface area contributed by atoms with Gasteiger partial charge in [0.1, 0.15) is 11.9 Å². The van der Waals surface area contributed by atoms with Crippen molar-refractivity contribution in [3.05, 3.63) is 59.9 Å². The summed E-state index contributed by atoms with van der Waals surface area (Å²) in [5.74, 6) is -1.67. The largest absolute Gasteiger partial charge is 0.416 e. The van der Waals surface area contributed by atoms with Crippen LogP contribution in [-0.2, 0) is 21.0 Å². The van der Waals surface area contributed by atoms with E-state index >= 15 is 0 Å². The van der Waals surface area contributed by atoms with Crippen molar-refractivity contribution >= 4 is 27.3 Å². The smallest absolute Gasteiger partial charge is 0.324 e. The number of carbonyl (C=O) groups is 1. The Bertz CT molecular complexity index is 928. The second-order valence-electron chi connectivity index (χ2n) is 5.75. The molecule has 0 radical (unpaired) electrons. The number of hydrogen-bond donors (Lipinski definition) is 1. The molecule has 0 fully saturated rings. The lowest BCUT2D eigenvalue weighted by Gasteiger charge is -2.28. The lowest BCUT2D eigenvalue weighted by molar-refractivity contribution is -0.137. The van der Waals surface area contributed by atoms with Crippen molar-refractivity contribution in [3.8, 4) is 0 Å². The number of amides is 1. The van der Waals surface area contributed by atoms with Crippen LogP contribution in [0.15, 0.2) is 48.5 Å². The number of anilines is 2. The van der Waals surface area contributed by atoms with E-state index in [0.717, 1.165) is 36.6 Å². The average molecular weight is 404 g/mol. The zero-order valence-electron chi connectivity index (χ0n) is 14.3. The van der Waals surface area contributed by atoms with E-state index < -0.39 is 39.5 Å². The number of hydrogen-bond acceptors (Lipinski definition) is 3. The fourth-order valence-electron chi connectivity index (χ4n) is 2.40. The molecule has 0 aliphatic heterocycles. The number of carbonyl (C=O) groups excluding carboxylic acids is 1. The highest BCUT2D eigenvalue weighted by Gasteiger charge is 2.32. The number of nitrogens with one attached hydrogen (secondary N) is 1. The van der Waals surface area contributed by atoms with Gasteiger partial charge in [-0.25, -0.2) is 12.8 Å². The Morgan fingerprint density at radius 2 is 1.63 bits per heavy atom. The van der Waals surface area contributed by atoms with Gasteiger partial charge in [0, 0.05) is 5.69 Å². The molecule has 2 aromatic carbocycles. The van der Waals surface area contributed by atoms with Crippen LogP contribution in [0.5, 0.6) is 0 Å². The summed E-state index contributed by atoms with van der Waals surface area (Å²) in [7, 11) is -4.02. The first kappa shape index (κ1) is 20.7. The third-order valence-corrected chi connectivity index (χ3v) is 4.89. The van der Waals surface area contributed by atoms with Crippen molar-refractivity contribution in [1.29, 1.82) is 0 Å². The van der Waals surface area contributed by atoms with E-state index in [0.29, 0.717) is 4.31 Å². The van der Waals surface area contributed by atoms with E-state index in [1.807, 2.05) is 0 Å². The third kappa shape index (κ3) is 4.97. The highest BCUT2D eigenvalue weighted by Crippen LogP contribution is 2.30. The van der Waals surface area contributed by atoms with Crippen LogP contribution >= 0.6 is 0 Å². The molecule has 2 aromatic rings. The van der Waals surface area contributed by atoms with Crippen molar-refractivity contribution < 1.29 is 30.8 Å². The van der Waals surface area contributed by atoms with Gasteiger partial charge in [-0.2, -0.15) is 13.2 Å². The molecule has 0 spiro atoms. The van der Waals surface area contributed by atoms with Gasteiger partial charge in [0.2, 0.25) is 15.9 Å². The highest BCUT2D eigenvalue weighted by atomic mass is 32.2. The molecule has 0 bridgehead atoms. The second kappa shape index (κ2) is 7.55. The van der Waals surface area contributed by atoms with Gasteiger partial charge in [-0.3, -0.25) is 9.10 Å². The standard InChI is InChI=1S/C17H16F4N2O3S/c1-11(23(27(2,25)26)15-6-4-3-5-14(15)18)16(24)22-13-9-7-12(8-10-13)17(19,20)21/h3-11H,1-2H3,(H,22,24)/t11-/m1/s1. The minimum absolute atomic E-state index is 0.0434. The van der Waals surface area contributed by atoms with E-state index in [1.54, 1.807) is 0 Å². The number of nitrogens with zero attached hydrogens (tertiary/aromatic N) is 1. The van der Waals surface area contributed by atoms with Crippen LogP contribution in [0.4, 0.5) is 28.9 Å². The van der Waals surface area contributed by atoms with Gasteiger partial charge in [-0.05, 0) is 43.3 Å². The van der Waals surface area contributed by atoms with E-state index in [4.69, 9.17) is 0 Å². The summed E-state index contributed by atoms with van der Waals surface area (Å²) >= 11 is 0. The van der Waals surface area contributed by atoms with Gasteiger partial charge in [-0.15, -0.1) is 0 Å². The number of benzene rings is 2. The molecule has 0 unspecified atom stereocenters. The molecular weight excluding hydrogens is 388 g/mol. The SMILES string of the molecule is C[C@H](C(=O)Nc1ccc(C(F)(F)F)cc1)N(c1ccccc1F)S(C)(=O)=O. The molecule has 0 saturated carbocycles. The summed E-state index contributed by atoms with van der Waals surface area (Å²) in [5.41, 5.74) is -1.16. The molecule has 0 aromatic heterocycles. The fraction of sp³-hybridized carbons (Fsp3) is 0.235. The van der Waals surface area contributed by atoms with Crippen LogP contribution in [0.2, 0.25) is 0 Å². The second-order valence-corrected chi connectivity index (χ2v) is 7.61. The lowest BCUT2D eigenvalue weighted by atomic mass is 10.2. The summed E-state index contributed by atoms with van der Waals surface area (Å²) in [6.07, 6.45) is -3.70. The molecule has 1 N–H and O–H groups in total. The summed E-state index contributed by atoms with van der Waals surface area (Å²) in [6, 6.07) is 7.34. The molecule has 2 rings (SSSR count). The zero-order valence-corrected chi connectivity index (χ0v) is 15.1. The zero-order chi connectivity index (χ0) is 20.4. The Morgan fingerprint density at radius 1 is 1.07 bits per heavy atom. The van der Waals surface area contributed by atoms with Crippen molar-refractivity contribution in [2.24, 2.45) is 0 Å². The maximum Gasteiger partial charge on any atom is 0.416 e. The first-order valence-corrected chi connectivity index (χ1v) is 9.48. The van der Waals surface area contributed by atoms with Crippen LogP contribution in [0.1, 0.15) is 12.5 Å². The molecule has 0 saturated heterocycles. The molecular formula is C17H16F4N2O3S. The number of halogens is 4. The van der Waals surface area contributed by atoms with Crippen molar-refractivity contribution in [2.45, 2.75) is 19.1 Å². The number of rotatable bonds is 5. The fourth-order valence-corrected chi connectivity index (χ4v) is 3.58. The number of alkyl halides is 3. The van der Waals surface area contributed by atoms with Crippen molar-refractivity contribution in [1.82, 2.24) is 0 Å². The topological polar surface area (TPSA) is 66.5 Å². The third-order valence-electron chi connectivity index (χ3n) is 3.66. The molecule has 0 aliphatic rings. The molecule has 10 heteroatoms. The molecule has 0 aliphatic carbocycles. The number of para-hydroxylation sites is 1. The molecule has 146 valence electrons. The Labute approximate surface area is 153 Å². The quantitative estimate of drug-likeness (QED) is 0.774. The predicted octanol–water partition coefficient (Wildman–Crippen LogP) is 3.64. The summed E-state index contributed by atoms with van der Waals surface area (Å²) in [6.45, 7) is 1.24. The Hall–Kier alpha value is -2.62. The van der Waals surface area contributed by atoms with Gasteiger partial charge in [0.25, 0.3) is 0 Å². The normalized spacial score (nSPS) is 13.1. The van der Waals surface area contributed by atoms with Gasteiger partial charge in [-0.1, -0.05) is 12.1 Å². The monoisotopic (exact) mass is 404 g/mol. The minimum atomic E-state index is -4.52. The highest BCUT2D eigenvalue weighted by molar-refractivity contribution is 7.92. The molecule has 5 nitrogen and oxygen atoms in total. The van der Waals surface area contributed by atoms with Crippen LogP contribution in [0.25, 0.3) is 0 Å². The van der Waals surface area contributed by atoms with E-state index in [2.05, 4.69) is 5.32 Å². The van der Waals surface area contributed by atoms with E-state index in [9.17, 15) is 30.8 Å². The van der Waals surface area contributed by atoms with E-state index in [-0.39, 0.29) is 11.4 Å². The maximum absolute atomic E-state index is 14.0. The van der Waals surface area contributed by atoms with Gasteiger partial charge >= 0.3 is 6.18 Å². The summed E-state index contributed by atoms with van der Waals surface area (Å²) in [5, 5.41) is 2.33. The first-order chi connectivity index (χ1) is 12.4. The Balaban J connectivity index is 2.27. The van der Waals surface area contributed by atoms with Crippen LogP contribution in [-0.4, -0.2) is 26.6 Å². The van der Waals surface area contributed by atoms with Gasteiger partial charge in [0.05, 0.1) is 17.5 Å². The van der Waals surface area contributed by atoms with E-state index in [1.165, 1.54) is 25.1 Å². The molecule has 1 amide bonds. The maximum atomic E-state index is 14.0. The van der Waals surface area contributed by atoms with Crippen LogP contribution in [0.3, 0.4) is 0 Å². The summed E-state index contributed by atoms with van der Waals surface area (Å²) < 4.78 is 76.6. The molecule has 27 heavy (non-hydrogen) atoms. The average Bonchev–Trinajstić information content (AvgIpc) is 2.55. The van der Waals surface area contributed by atoms with Crippen LogP contribution < -0.4 is 9.62 Å². The van der Waals surface area contributed by atoms with Gasteiger partial charge in [0.15, 0.2) is 0 Å². The minimum Gasteiger partial charge on any atom is -0.324 e. The molecule has 1 atom stereocenters. The van der Waals surface area contributed by atoms with Crippen molar-refractivity contribution in [3.63, 3.8) is 0 Å². The number of sulfonamides is 1. The van der Waals surface area contributed by atoms with Crippen LogP contribution in [0, 0.1) is 5.82 Å². The van der Waals surface area contributed by atoms with Gasteiger partial charge < -0.3 is 5.32 Å². The van der Waals surface area contributed by atoms with Crippen molar-refractivity contribution in [2.75, 3.05) is 15.9 Å². The Morgan fingerprint density at radius 3 is 2.11 bits per heavy atom. The first-order valence-electron chi connectivity index (χ1n) is 7.63. The summed E-state index contributed by atoms with van der Waals surface area (Å²) in [4.78, 5) is 12.4. The molecule has 0 heterocycles. The predicted molar refractivity (Wildman–Crippen MR) is 93.3 cm³/mol. The lowest BCUT2D eigenvalue weighted by Crippen LogP contribution is -2.45. The Kier molecular flexibility index (Phi) is 5.79.